The van der Waals surface area contributed by atoms with Crippen LogP contribution in [0, 0.1) is 0 Å². The van der Waals surface area contributed by atoms with Gasteiger partial charge in [0.1, 0.15) is 0 Å². The van der Waals surface area contributed by atoms with E-state index in [4.69, 9.17) is 0 Å². The van der Waals surface area contributed by atoms with Gasteiger partial charge >= 0.3 is 6.18 Å². The molecular formula is C13H18F3NO3S2. The lowest BCUT2D eigenvalue weighted by molar-refractivity contribution is -0.137. The normalized spacial score (nSPS) is 15.5. The molecule has 1 aromatic rings. The highest BCUT2D eigenvalue weighted by Gasteiger charge is 2.31. The van der Waals surface area contributed by atoms with Gasteiger partial charge in [-0.25, -0.2) is 13.1 Å². The van der Waals surface area contributed by atoms with Gasteiger partial charge in [-0.3, -0.25) is 0 Å². The molecule has 0 fully saturated rings. The number of halogens is 3. The van der Waals surface area contributed by atoms with E-state index in [2.05, 4.69) is 4.72 Å². The molecule has 0 aliphatic heterocycles. The average molecular weight is 357 g/mol. The van der Waals surface area contributed by atoms with Gasteiger partial charge in [0.2, 0.25) is 10.0 Å². The third-order valence-electron chi connectivity index (χ3n) is 2.98. The summed E-state index contributed by atoms with van der Waals surface area (Å²) < 4.78 is 63.5. The molecule has 0 bridgehead atoms. The van der Waals surface area contributed by atoms with Crippen molar-refractivity contribution in [2.75, 3.05) is 18.6 Å². The average Bonchev–Trinajstić information content (AvgIpc) is 2.43. The van der Waals surface area contributed by atoms with E-state index < -0.39 is 27.4 Å². The maximum atomic E-state index is 12.4. The number of sulfonamides is 1. The van der Waals surface area contributed by atoms with Crippen molar-refractivity contribution in [1.29, 1.82) is 0 Å². The van der Waals surface area contributed by atoms with Crippen LogP contribution in [-0.2, 0) is 16.2 Å². The number of benzene rings is 1. The predicted molar refractivity (Wildman–Crippen MR) is 80.3 cm³/mol. The maximum Gasteiger partial charge on any atom is 0.416 e. The molecule has 0 saturated carbocycles. The smallest absolute Gasteiger partial charge is 0.389 e. The lowest BCUT2D eigenvalue weighted by atomic mass is 10.1. The van der Waals surface area contributed by atoms with Gasteiger partial charge in [-0.2, -0.15) is 24.9 Å². The van der Waals surface area contributed by atoms with Crippen LogP contribution in [0.4, 0.5) is 13.2 Å². The van der Waals surface area contributed by atoms with Gasteiger partial charge in [0, 0.05) is 6.54 Å². The number of rotatable bonds is 7. The fourth-order valence-electron chi connectivity index (χ4n) is 1.57. The van der Waals surface area contributed by atoms with Crippen LogP contribution in [-0.4, -0.2) is 37.7 Å². The van der Waals surface area contributed by atoms with Gasteiger partial charge in [-0.05, 0) is 49.6 Å². The standard InChI is InChI=1S/C13H18F3NO3S2/c1-12(18,7-8-21-2)9-17-22(19,20)11-5-3-10(4-6-11)13(14,15)16/h3-6,17-18H,7-9H2,1-2H3/t12-/m0/s1. The highest BCUT2D eigenvalue weighted by atomic mass is 32.2. The van der Waals surface area contributed by atoms with Crippen LogP contribution in [0.15, 0.2) is 29.2 Å². The third-order valence-corrected chi connectivity index (χ3v) is 5.01. The highest BCUT2D eigenvalue weighted by molar-refractivity contribution is 7.98. The number of nitrogens with one attached hydrogen (secondary N) is 1. The van der Waals surface area contributed by atoms with Crippen molar-refractivity contribution in [3.05, 3.63) is 29.8 Å². The summed E-state index contributed by atoms with van der Waals surface area (Å²) in [5.74, 6) is 0.662. The fraction of sp³-hybridized carbons (Fsp3) is 0.538. The van der Waals surface area contributed by atoms with Crippen molar-refractivity contribution in [2.45, 2.75) is 30.0 Å². The van der Waals surface area contributed by atoms with Crippen LogP contribution in [0.3, 0.4) is 0 Å². The molecule has 2 N–H and O–H groups in total. The molecular weight excluding hydrogens is 339 g/mol. The van der Waals surface area contributed by atoms with Gasteiger partial charge in [-0.1, -0.05) is 0 Å². The summed E-state index contributed by atoms with van der Waals surface area (Å²) in [5.41, 5.74) is -2.14. The first kappa shape index (κ1) is 19.3. The molecule has 1 rings (SSSR count). The molecule has 22 heavy (non-hydrogen) atoms. The second kappa shape index (κ2) is 7.20. The second-order valence-corrected chi connectivity index (χ2v) is 7.84. The van der Waals surface area contributed by atoms with E-state index in [0.29, 0.717) is 24.3 Å². The van der Waals surface area contributed by atoms with Gasteiger partial charge in [0.25, 0.3) is 0 Å². The van der Waals surface area contributed by atoms with Gasteiger partial charge in [0.15, 0.2) is 0 Å². The number of hydrogen-bond donors (Lipinski definition) is 2. The van der Waals surface area contributed by atoms with Crippen LogP contribution in [0.1, 0.15) is 18.9 Å². The van der Waals surface area contributed by atoms with E-state index in [1.807, 2.05) is 6.26 Å². The molecule has 126 valence electrons. The monoisotopic (exact) mass is 357 g/mol. The SMILES string of the molecule is CSCC[C@](C)(O)CNS(=O)(=O)c1ccc(C(F)(F)F)cc1. The zero-order chi connectivity index (χ0) is 17.0. The van der Waals surface area contributed by atoms with Gasteiger partial charge in [-0.15, -0.1) is 0 Å². The molecule has 9 heteroatoms. The first-order valence-electron chi connectivity index (χ1n) is 6.36. The van der Waals surface area contributed by atoms with E-state index in [0.717, 1.165) is 12.1 Å². The molecule has 0 aliphatic carbocycles. The molecule has 1 atom stereocenters. The minimum absolute atomic E-state index is 0.211. The van der Waals surface area contributed by atoms with E-state index in [1.165, 1.54) is 18.7 Å². The molecule has 0 saturated heterocycles. The second-order valence-electron chi connectivity index (χ2n) is 5.09. The number of alkyl halides is 3. The topological polar surface area (TPSA) is 66.4 Å². The quantitative estimate of drug-likeness (QED) is 0.787. The Hall–Kier alpha value is -0.770. The largest absolute Gasteiger partial charge is 0.416 e. The van der Waals surface area contributed by atoms with Crippen molar-refractivity contribution in [2.24, 2.45) is 0 Å². The number of hydrogen-bond acceptors (Lipinski definition) is 4. The lowest BCUT2D eigenvalue weighted by Crippen LogP contribution is -2.41. The van der Waals surface area contributed by atoms with E-state index >= 15 is 0 Å². The first-order chi connectivity index (χ1) is 9.98. The Bertz CT molecular complexity index is 584. The molecule has 4 nitrogen and oxygen atoms in total. The molecule has 0 amide bonds. The van der Waals surface area contributed by atoms with Crippen molar-refractivity contribution >= 4 is 21.8 Å². The maximum absolute atomic E-state index is 12.4. The first-order valence-corrected chi connectivity index (χ1v) is 9.24. The molecule has 0 aliphatic rings. The Morgan fingerprint density at radius 1 is 1.23 bits per heavy atom. The van der Waals surface area contributed by atoms with Crippen LogP contribution < -0.4 is 4.72 Å². The molecule has 0 heterocycles. The molecule has 0 aromatic heterocycles. The van der Waals surface area contributed by atoms with Gasteiger partial charge in [0.05, 0.1) is 16.1 Å². The van der Waals surface area contributed by atoms with Crippen molar-refractivity contribution < 1.29 is 26.7 Å². The Balaban J connectivity index is 2.78. The van der Waals surface area contributed by atoms with Crippen LogP contribution in [0.2, 0.25) is 0 Å². The van der Waals surface area contributed by atoms with E-state index in [9.17, 15) is 26.7 Å². The number of aliphatic hydroxyl groups is 1. The summed E-state index contributed by atoms with van der Waals surface area (Å²) >= 11 is 1.52. The highest BCUT2D eigenvalue weighted by Crippen LogP contribution is 2.29. The van der Waals surface area contributed by atoms with Crippen molar-refractivity contribution in [1.82, 2.24) is 4.72 Å². The van der Waals surface area contributed by atoms with Crippen LogP contribution in [0.5, 0.6) is 0 Å². The third kappa shape index (κ3) is 5.79. The van der Waals surface area contributed by atoms with E-state index in [1.54, 1.807) is 0 Å². The fourth-order valence-corrected chi connectivity index (χ4v) is 3.37. The Morgan fingerprint density at radius 2 is 1.77 bits per heavy atom. The molecule has 0 spiro atoms. The Kier molecular flexibility index (Phi) is 6.31. The summed E-state index contributed by atoms with van der Waals surface area (Å²) in [6.45, 7) is 1.29. The lowest BCUT2D eigenvalue weighted by Gasteiger charge is -2.23. The summed E-state index contributed by atoms with van der Waals surface area (Å²) in [4.78, 5) is -0.277. The van der Waals surface area contributed by atoms with Crippen molar-refractivity contribution in [3.63, 3.8) is 0 Å². The van der Waals surface area contributed by atoms with Crippen molar-refractivity contribution in [3.8, 4) is 0 Å². The zero-order valence-electron chi connectivity index (χ0n) is 12.1. The minimum atomic E-state index is -4.52. The Labute approximate surface area is 132 Å². The minimum Gasteiger partial charge on any atom is -0.389 e. The van der Waals surface area contributed by atoms with E-state index in [-0.39, 0.29) is 11.4 Å². The molecule has 1 aromatic carbocycles. The summed E-state index contributed by atoms with van der Waals surface area (Å²) in [7, 11) is -3.96. The van der Waals surface area contributed by atoms with Crippen LogP contribution in [0.25, 0.3) is 0 Å². The zero-order valence-corrected chi connectivity index (χ0v) is 13.8. The Morgan fingerprint density at radius 3 is 2.23 bits per heavy atom. The summed E-state index contributed by atoms with van der Waals surface area (Å²) in [6.07, 6.45) is -2.26. The molecule has 0 unspecified atom stereocenters. The van der Waals surface area contributed by atoms with Crippen LogP contribution >= 0.6 is 11.8 Å². The van der Waals surface area contributed by atoms with Gasteiger partial charge < -0.3 is 5.11 Å². The molecule has 0 radical (unpaired) electrons. The summed E-state index contributed by atoms with van der Waals surface area (Å²) in [6, 6.07) is 3.20. The number of thioether (sulfide) groups is 1. The predicted octanol–water partition coefficient (Wildman–Crippen LogP) is 2.49. The summed E-state index contributed by atoms with van der Waals surface area (Å²) in [5, 5.41) is 10.0.